The van der Waals surface area contributed by atoms with Crippen LogP contribution in [0.5, 0.6) is 0 Å². The topological polar surface area (TPSA) is 0 Å². The zero-order valence-electron chi connectivity index (χ0n) is 11.5. The van der Waals surface area contributed by atoms with Gasteiger partial charge in [-0.25, -0.2) is 8.78 Å². The van der Waals surface area contributed by atoms with Crippen LogP contribution in [0, 0.1) is 11.6 Å². The van der Waals surface area contributed by atoms with Crippen molar-refractivity contribution in [1.82, 2.24) is 0 Å². The van der Waals surface area contributed by atoms with E-state index < -0.39 is 17.0 Å². The summed E-state index contributed by atoms with van der Waals surface area (Å²) in [6, 6.07) is 11.7. The van der Waals surface area contributed by atoms with E-state index in [-0.39, 0.29) is 0 Å². The summed E-state index contributed by atoms with van der Waals surface area (Å²) in [5, 5.41) is -0.476. The largest absolute Gasteiger partial charge is 0.204 e. The van der Waals surface area contributed by atoms with Crippen molar-refractivity contribution in [3.63, 3.8) is 0 Å². The molecule has 0 bridgehead atoms. The smallest absolute Gasteiger partial charge is 0.159 e. The van der Waals surface area contributed by atoms with Gasteiger partial charge < -0.3 is 0 Å². The summed E-state index contributed by atoms with van der Waals surface area (Å²) in [7, 11) is 0. The van der Waals surface area contributed by atoms with Crippen LogP contribution >= 0.6 is 11.6 Å². The number of alkyl halides is 1. The molecule has 2 rings (SSSR count). The third kappa shape index (κ3) is 3.18. The van der Waals surface area contributed by atoms with Crippen LogP contribution < -0.4 is 0 Å². The molecule has 2 aromatic rings. The van der Waals surface area contributed by atoms with Gasteiger partial charge in [0.15, 0.2) is 11.6 Å². The standard InChI is InChI=1S/C17H17ClF2/c1-3-11(2)12-4-6-13(7-5-12)17(18)14-8-9-15(19)16(20)10-14/h4-11,17H,3H2,1-2H3. The molecule has 0 saturated carbocycles. The summed E-state index contributed by atoms with van der Waals surface area (Å²) in [6.45, 7) is 4.31. The van der Waals surface area contributed by atoms with E-state index >= 15 is 0 Å². The van der Waals surface area contributed by atoms with Gasteiger partial charge in [-0.1, -0.05) is 44.2 Å². The molecule has 0 saturated heterocycles. The van der Waals surface area contributed by atoms with E-state index in [1.54, 1.807) is 0 Å². The molecule has 0 aliphatic rings. The van der Waals surface area contributed by atoms with E-state index in [1.165, 1.54) is 11.6 Å². The summed E-state index contributed by atoms with van der Waals surface area (Å²) < 4.78 is 26.2. The van der Waals surface area contributed by atoms with Crippen LogP contribution in [0.25, 0.3) is 0 Å². The molecule has 106 valence electrons. The molecule has 20 heavy (non-hydrogen) atoms. The Morgan fingerprint density at radius 1 is 0.900 bits per heavy atom. The van der Waals surface area contributed by atoms with Crippen LogP contribution in [0.2, 0.25) is 0 Å². The van der Waals surface area contributed by atoms with Gasteiger partial charge in [0.1, 0.15) is 0 Å². The summed E-state index contributed by atoms with van der Waals surface area (Å²) in [6.07, 6.45) is 1.08. The van der Waals surface area contributed by atoms with Crippen molar-refractivity contribution in [2.24, 2.45) is 0 Å². The highest BCUT2D eigenvalue weighted by molar-refractivity contribution is 6.22. The SMILES string of the molecule is CCC(C)c1ccc(C(Cl)c2ccc(F)c(F)c2)cc1. The lowest BCUT2D eigenvalue weighted by Gasteiger charge is -2.13. The fourth-order valence-electron chi connectivity index (χ4n) is 2.09. The lowest BCUT2D eigenvalue weighted by Crippen LogP contribution is -1.97. The lowest BCUT2D eigenvalue weighted by molar-refractivity contribution is 0.507. The second kappa shape index (κ2) is 6.36. The first kappa shape index (κ1) is 15.0. The van der Waals surface area contributed by atoms with Gasteiger partial charge in [0.05, 0.1) is 5.38 Å². The van der Waals surface area contributed by atoms with Crippen molar-refractivity contribution in [2.75, 3.05) is 0 Å². The van der Waals surface area contributed by atoms with Gasteiger partial charge in [-0.15, -0.1) is 11.6 Å². The van der Waals surface area contributed by atoms with Gasteiger partial charge in [0, 0.05) is 0 Å². The summed E-state index contributed by atoms with van der Waals surface area (Å²) in [4.78, 5) is 0. The first-order valence-electron chi connectivity index (χ1n) is 6.71. The van der Waals surface area contributed by atoms with Crippen LogP contribution in [0.4, 0.5) is 8.78 Å². The zero-order valence-corrected chi connectivity index (χ0v) is 12.3. The fraction of sp³-hybridized carbons (Fsp3) is 0.294. The van der Waals surface area contributed by atoms with Gasteiger partial charge in [-0.3, -0.25) is 0 Å². The van der Waals surface area contributed by atoms with Gasteiger partial charge in [0.25, 0.3) is 0 Å². The Morgan fingerprint density at radius 3 is 2.00 bits per heavy atom. The lowest BCUT2D eigenvalue weighted by atomic mass is 9.96. The highest BCUT2D eigenvalue weighted by atomic mass is 35.5. The fourth-order valence-corrected chi connectivity index (χ4v) is 2.37. The van der Waals surface area contributed by atoms with Gasteiger partial charge in [-0.05, 0) is 41.2 Å². The molecule has 3 heteroatoms. The Morgan fingerprint density at radius 2 is 1.45 bits per heavy atom. The highest BCUT2D eigenvalue weighted by Crippen LogP contribution is 2.30. The first-order chi connectivity index (χ1) is 9.52. The Bertz CT molecular complexity index is 578. The first-order valence-corrected chi connectivity index (χ1v) is 7.15. The van der Waals surface area contributed by atoms with E-state index in [4.69, 9.17) is 11.6 Å². The maximum atomic E-state index is 13.2. The van der Waals surface area contributed by atoms with E-state index in [0.717, 1.165) is 24.1 Å². The molecule has 0 N–H and O–H groups in total. The van der Waals surface area contributed by atoms with Crippen molar-refractivity contribution >= 4 is 11.6 Å². The molecule has 0 spiro atoms. The molecule has 0 aromatic heterocycles. The molecule has 2 unspecified atom stereocenters. The number of hydrogen-bond donors (Lipinski definition) is 0. The van der Waals surface area contributed by atoms with Crippen molar-refractivity contribution in [3.05, 3.63) is 70.8 Å². The van der Waals surface area contributed by atoms with Crippen LogP contribution in [-0.4, -0.2) is 0 Å². The van der Waals surface area contributed by atoms with Crippen LogP contribution in [0.1, 0.15) is 48.3 Å². The quantitative estimate of drug-likeness (QED) is 0.625. The average molecular weight is 295 g/mol. The van der Waals surface area contributed by atoms with E-state index in [1.807, 2.05) is 24.3 Å². The molecule has 0 fully saturated rings. The van der Waals surface area contributed by atoms with E-state index in [0.29, 0.717) is 11.5 Å². The van der Waals surface area contributed by atoms with Crippen molar-refractivity contribution in [2.45, 2.75) is 31.6 Å². The highest BCUT2D eigenvalue weighted by Gasteiger charge is 2.14. The molecule has 0 radical (unpaired) electrons. The molecular formula is C17H17ClF2. The molecule has 0 amide bonds. The third-order valence-corrected chi connectivity index (χ3v) is 4.15. The van der Waals surface area contributed by atoms with E-state index in [9.17, 15) is 8.78 Å². The monoisotopic (exact) mass is 294 g/mol. The number of hydrogen-bond acceptors (Lipinski definition) is 0. The van der Waals surface area contributed by atoms with Crippen LogP contribution in [0.3, 0.4) is 0 Å². The van der Waals surface area contributed by atoms with Crippen molar-refractivity contribution < 1.29 is 8.78 Å². The Balaban J connectivity index is 2.24. The molecule has 0 aliphatic heterocycles. The van der Waals surface area contributed by atoms with Crippen LogP contribution in [-0.2, 0) is 0 Å². The van der Waals surface area contributed by atoms with Crippen molar-refractivity contribution in [3.8, 4) is 0 Å². The third-order valence-electron chi connectivity index (χ3n) is 3.65. The average Bonchev–Trinajstić information content (AvgIpc) is 2.48. The predicted octanol–water partition coefficient (Wildman–Crippen LogP) is 5.81. The Labute approximate surface area is 123 Å². The molecule has 0 heterocycles. The Hall–Kier alpha value is -1.41. The maximum Gasteiger partial charge on any atom is 0.159 e. The van der Waals surface area contributed by atoms with Crippen LogP contribution in [0.15, 0.2) is 42.5 Å². The van der Waals surface area contributed by atoms with Crippen molar-refractivity contribution in [1.29, 1.82) is 0 Å². The van der Waals surface area contributed by atoms with Gasteiger partial charge >= 0.3 is 0 Å². The molecular weight excluding hydrogens is 278 g/mol. The predicted molar refractivity (Wildman–Crippen MR) is 79.2 cm³/mol. The molecule has 2 atom stereocenters. The zero-order chi connectivity index (χ0) is 14.7. The number of benzene rings is 2. The summed E-state index contributed by atoms with van der Waals surface area (Å²) in [5.41, 5.74) is 2.69. The van der Waals surface area contributed by atoms with Gasteiger partial charge in [0.2, 0.25) is 0 Å². The minimum Gasteiger partial charge on any atom is -0.204 e. The molecule has 2 aromatic carbocycles. The normalized spacial score (nSPS) is 14.1. The summed E-state index contributed by atoms with van der Waals surface area (Å²) in [5.74, 6) is -1.23. The van der Waals surface area contributed by atoms with E-state index in [2.05, 4.69) is 13.8 Å². The second-order valence-corrected chi connectivity index (χ2v) is 5.45. The van der Waals surface area contributed by atoms with Gasteiger partial charge in [-0.2, -0.15) is 0 Å². The maximum absolute atomic E-state index is 13.2. The number of rotatable bonds is 4. The number of halogens is 3. The Kier molecular flexibility index (Phi) is 4.77. The molecule has 0 nitrogen and oxygen atoms in total. The minimum absolute atomic E-state index is 0.476. The minimum atomic E-state index is -0.871. The second-order valence-electron chi connectivity index (χ2n) is 5.01. The summed E-state index contributed by atoms with van der Waals surface area (Å²) >= 11 is 6.33. The molecule has 0 aliphatic carbocycles.